The van der Waals surface area contributed by atoms with Crippen LogP contribution >= 0.6 is 23.4 Å². The van der Waals surface area contributed by atoms with Crippen LogP contribution in [0.15, 0.2) is 11.4 Å². The quantitative estimate of drug-likeness (QED) is 0.600. The van der Waals surface area contributed by atoms with Crippen LogP contribution in [0.3, 0.4) is 0 Å². The van der Waals surface area contributed by atoms with Gasteiger partial charge in [0.25, 0.3) is 5.78 Å². The third-order valence-corrected chi connectivity index (χ3v) is 3.44. The lowest BCUT2D eigenvalue weighted by Crippen LogP contribution is -2.02. The van der Waals surface area contributed by atoms with Gasteiger partial charge in [-0.2, -0.15) is 19.6 Å². The molecule has 0 bridgehead atoms. The first-order chi connectivity index (χ1) is 7.09. The molecule has 0 amide bonds. The molecule has 15 heavy (non-hydrogen) atoms. The van der Waals surface area contributed by atoms with Crippen LogP contribution in [0.2, 0.25) is 5.15 Å². The lowest BCUT2D eigenvalue weighted by Gasteiger charge is -2.10. The highest BCUT2D eigenvalue weighted by Gasteiger charge is 2.13. The van der Waals surface area contributed by atoms with Gasteiger partial charge < -0.3 is 0 Å². The molecule has 0 aliphatic carbocycles. The highest BCUT2D eigenvalue weighted by Crippen LogP contribution is 2.29. The normalized spacial score (nSPS) is 11.5. The zero-order valence-electron chi connectivity index (χ0n) is 8.73. The molecule has 4 nitrogen and oxygen atoms in total. The van der Waals surface area contributed by atoms with Crippen LogP contribution in [-0.4, -0.2) is 24.8 Å². The average Bonchev–Trinajstić information content (AvgIpc) is 2.59. The second kappa shape index (κ2) is 3.98. The van der Waals surface area contributed by atoms with Crippen LogP contribution < -0.4 is 0 Å². The molecule has 2 aromatic rings. The van der Waals surface area contributed by atoms with Crippen molar-refractivity contribution in [2.45, 2.75) is 31.0 Å². The Bertz CT molecular complexity index is 494. The topological polar surface area (TPSA) is 43.1 Å². The molecule has 2 heterocycles. The van der Waals surface area contributed by atoms with Gasteiger partial charge in [0.2, 0.25) is 0 Å². The summed E-state index contributed by atoms with van der Waals surface area (Å²) in [5, 5.41) is 6.11. The van der Waals surface area contributed by atoms with E-state index in [9.17, 15) is 0 Å². The molecule has 2 rings (SSSR count). The third kappa shape index (κ3) is 1.94. The van der Waals surface area contributed by atoms with Crippen LogP contribution in [0.1, 0.15) is 19.4 Å². The number of thioether (sulfide) groups is 1. The predicted octanol–water partition coefficient (Wildman–Crippen LogP) is 2.59. The van der Waals surface area contributed by atoms with Crippen molar-refractivity contribution in [3.63, 3.8) is 0 Å². The molecule has 6 heteroatoms. The Morgan fingerprint density at radius 1 is 1.47 bits per heavy atom. The summed E-state index contributed by atoms with van der Waals surface area (Å²) in [6.45, 7) is 6.20. The minimum Gasteiger partial charge on any atom is -0.199 e. The first-order valence-corrected chi connectivity index (χ1v) is 5.88. The summed E-state index contributed by atoms with van der Waals surface area (Å²) in [5.41, 5.74) is 0.952. The van der Waals surface area contributed by atoms with Gasteiger partial charge >= 0.3 is 0 Å². The van der Waals surface area contributed by atoms with Gasteiger partial charge in [-0.25, -0.2) is 0 Å². The van der Waals surface area contributed by atoms with Crippen LogP contribution in [0.25, 0.3) is 5.78 Å². The van der Waals surface area contributed by atoms with Crippen LogP contribution in [0.5, 0.6) is 0 Å². The highest BCUT2D eigenvalue weighted by molar-refractivity contribution is 7.99. The maximum Gasteiger partial charge on any atom is 0.254 e. The van der Waals surface area contributed by atoms with Crippen LogP contribution in [-0.2, 0) is 0 Å². The molecule has 0 N–H and O–H groups in total. The van der Waals surface area contributed by atoms with E-state index in [1.165, 1.54) is 6.33 Å². The SMILES string of the molecule is Cc1c(Cl)nc2ncnn2c1SC(C)C. The van der Waals surface area contributed by atoms with Crippen molar-refractivity contribution in [3.8, 4) is 0 Å². The minimum absolute atomic E-state index is 0.467. The van der Waals surface area contributed by atoms with Gasteiger partial charge in [-0.15, -0.1) is 11.8 Å². The molecule has 0 aliphatic rings. The van der Waals surface area contributed by atoms with Gasteiger partial charge in [0.1, 0.15) is 16.5 Å². The Morgan fingerprint density at radius 3 is 2.87 bits per heavy atom. The van der Waals surface area contributed by atoms with Crippen molar-refractivity contribution in [2.75, 3.05) is 0 Å². The first-order valence-electron chi connectivity index (χ1n) is 4.62. The number of hydrogen-bond acceptors (Lipinski definition) is 4. The lowest BCUT2D eigenvalue weighted by atomic mass is 10.4. The summed E-state index contributed by atoms with van der Waals surface area (Å²) < 4.78 is 1.73. The van der Waals surface area contributed by atoms with Crippen molar-refractivity contribution in [1.82, 2.24) is 19.6 Å². The van der Waals surface area contributed by atoms with Crippen LogP contribution in [0.4, 0.5) is 0 Å². The zero-order valence-corrected chi connectivity index (χ0v) is 10.3. The van der Waals surface area contributed by atoms with Gasteiger partial charge in [0.15, 0.2) is 0 Å². The lowest BCUT2D eigenvalue weighted by molar-refractivity contribution is 0.822. The molecule has 80 valence electrons. The highest BCUT2D eigenvalue weighted by atomic mass is 35.5. The second-order valence-corrected chi connectivity index (χ2v) is 5.39. The van der Waals surface area contributed by atoms with E-state index in [-0.39, 0.29) is 0 Å². The summed E-state index contributed by atoms with van der Waals surface area (Å²) in [4.78, 5) is 8.18. The molecular weight excluding hydrogens is 232 g/mol. The van der Waals surface area contributed by atoms with E-state index in [0.717, 1.165) is 10.6 Å². The molecule has 0 radical (unpaired) electrons. The summed E-state index contributed by atoms with van der Waals surface area (Å²) in [7, 11) is 0. The Morgan fingerprint density at radius 2 is 2.20 bits per heavy atom. The average molecular weight is 243 g/mol. The van der Waals surface area contributed by atoms with Gasteiger partial charge in [-0.1, -0.05) is 25.4 Å². The fourth-order valence-electron chi connectivity index (χ4n) is 1.24. The van der Waals surface area contributed by atoms with E-state index < -0.39 is 0 Å². The Balaban J connectivity index is 2.66. The summed E-state index contributed by atoms with van der Waals surface area (Å²) in [6.07, 6.45) is 1.49. The molecular formula is C9H11ClN4S. The standard InChI is InChI=1S/C9H11ClN4S/c1-5(2)15-8-6(3)7(10)13-9-11-4-12-14(8)9/h4-5H,1-3H3. The van der Waals surface area contributed by atoms with Crippen molar-refractivity contribution in [3.05, 3.63) is 17.0 Å². The summed E-state index contributed by atoms with van der Waals surface area (Å²) in [5.74, 6) is 0.550. The smallest absolute Gasteiger partial charge is 0.199 e. The molecule has 0 saturated heterocycles. The fraction of sp³-hybridized carbons (Fsp3) is 0.444. The Hall–Kier alpha value is -0.810. The van der Waals surface area contributed by atoms with E-state index in [4.69, 9.17) is 11.6 Å². The van der Waals surface area contributed by atoms with E-state index in [2.05, 4.69) is 28.9 Å². The molecule has 2 aromatic heterocycles. The minimum atomic E-state index is 0.467. The summed E-state index contributed by atoms with van der Waals surface area (Å²) in [6, 6.07) is 0. The van der Waals surface area contributed by atoms with Crippen LogP contribution in [0, 0.1) is 6.92 Å². The largest absolute Gasteiger partial charge is 0.254 e. The number of aromatic nitrogens is 4. The van der Waals surface area contributed by atoms with Gasteiger partial charge in [-0.3, -0.25) is 0 Å². The van der Waals surface area contributed by atoms with Crippen molar-refractivity contribution < 1.29 is 0 Å². The number of nitrogens with zero attached hydrogens (tertiary/aromatic N) is 4. The second-order valence-electron chi connectivity index (χ2n) is 3.47. The monoisotopic (exact) mass is 242 g/mol. The molecule has 0 fully saturated rings. The molecule has 0 aliphatic heterocycles. The van der Waals surface area contributed by atoms with E-state index in [1.54, 1.807) is 16.3 Å². The molecule has 0 saturated carbocycles. The molecule has 0 atom stereocenters. The number of hydrogen-bond donors (Lipinski definition) is 0. The number of rotatable bonds is 2. The van der Waals surface area contributed by atoms with Gasteiger partial charge in [0, 0.05) is 10.8 Å². The Kier molecular flexibility index (Phi) is 2.84. The third-order valence-electron chi connectivity index (χ3n) is 1.90. The molecule has 0 spiro atoms. The van der Waals surface area contributed by atoms with E-state index >= 15 is 0 Å². The number of halogens is 1. The van der Waals surface area contributed by atoms with Gasteiger partial charge in [0.05, 0.1) is 0 Å². The molecule has 0 aromatic carbocycles. The summed E-state index contributed by atoms with van der Waals surface area (Å²) >= 11 is 7.74. The van der Waals surface area contributed by atoms with E-state index in [1.807, 2.05) is 6.92 Å². The fourth-order valence-corrected chi connectivity index (χ4v) is 2.40. The van der Waals surface area contributed by atoms with Crippen molar-refractivity contribution >= 4 is 29.1 Å². The maximum absolute atomic E-state index is 6.03. The number of fused-ring (bicyclic) bond motifs is 1. The Labute approximate surface area is 97.1 Å². The van der Waals surface area contributed by atoms with Crippen molar-refractivity contribution in [2.24, 2.45) is 0 Å². The molecule has 0 unspecified atom stereocenters. The zero-order chi connectivity index (χ0) is 11.0. The predicted molar refractivity (Wildman–Crippen MR) is 61.5 cm³/mol. The van der Waals surface area contributed by atoms with Crippen molar-refractivity contribution in [1.29, 1.82) is 0 Å². The first kappa shape index (κ1) is 10.7. The van der Waals surface area contributed by atoms with E-state index in [0.29, 0.717) is 16.2 Å². The maximum atomic E-state index is 6.03. The van der Waals surface area contributed by atoms with Gasteiger partial charge in [-0.05, 0) is 6.92 Å².